The second-order valence-corrected chi connectivity index (χ2v) is 7.20. The molecular weight excluding hydrogens is 410 g/mol. The van der Waals surface area contributed by atoms with Gasteiger partial charge in [0.15, 0.2) is 0 Å². The highest BCUT2D eigenvalue weighted by molar-refractivity contribution is 6.11. The number of aromatic nitrogens is 2. The lowest BCUT2D eigenvalue weighted by molar-refractivity contribution is -0.384. The van der Waals surface area contributed by atoms with Crippen molar-refractivity contribution in [1.29, 1.82) is 0 Å². The van der Waals surface area contributed by atoms with E-state index in [1.165, 1.54) is 41.1 Å². The van der Waals surface area contributed by atoms with Crippen molar-refractivity contribution in [2.45, 2.75) is 13.8 Å². The Bertz CT molecular complexity index is 1370. The first kappa shape index (κ1) is 20.9. The summed E-state index contributed by atoms with van der Waals surface area (Å²) in [6.45, 7) is 3.85. The topological polar surface area (TPSA) is 104 Å². The Kier molecular flexibility index (Phi) is 5.51. The molecule has 4 aromatic rings. The number of esters is 1. The van der Waals surface area contributed by atoms with Gasteiger partial charge in [0.25, 0.3) is 5.69 Å². The van der Waals surface area contributed by atoms with E-state index in [0.717, 1.165) is 11.1 Å². The van der Waals surface area contributed by atoms with E-state index in [2.05, 4.69) is 4.98 Å². The molecule has 8 nitrogen and oxygen atoms in total. The number of fused-ring (bicyclic) bond motifs is 1. The monoisotopic (exact) mass is 429 g/mol. The number of aryl methyl sites for hydroxylation is 1. The van der Waals surface area contributed by atoms with Gasteiger partial charge in [-0.3, -0.25) is 19.3 Å². The number of non-ortho nitro benzene ring substituents is 1. The van der Waals surface area contributed by atoms with Crippen LogP contribution in [-0.4, -0.2) is 32.7 Å². The number of ether oxygens (including phenoxy) is 1. The molecule has 0 fully saturated rings. The summed E-state index contributed by atoms with van der Waals surface area (Å²) in [5.41, 5.74) is 3.35. The van der Waals surface area contributed by atoms with Crippen molar-refractivity contribution >= 4 is 23.0 Å². The summed E-state index contributed by atoms with van der Waals surface area (Å²) >= 11 is 0. The molecule has 0 unspecified atom stereocenters. The first-order valence-corrected chi connectivity index (χ1v) is 9.93. The molecule has 4 rings (SSSR count). The average Bonchev–Trinajstić information content (AvgIpc) is 3.18. The number of carbonyl (C=O) groups excluding carboxylic acids is 2. The van der Waals surface area contributed by atoms with Crippen LogP contribution in [0.25, 0.3) is 16.8 Å². The molecule has 0 spiro atoms. The molecule has 0 amide bonds. The van der Waals surface area contributed by atoms with Crippen LogP contribution in [0.3, 0.4) is 0 Å². The number of nitrogens with zero attached hydrogens (tertiary/aromatic N) is 3. The Morgan fingerprint density at radius 3 is 2.59 bits per heavy atom. The lowest BCUT2D eigenvalue weighted by Gasteiger charge is -2.06. The molecule has 0 bridgehead atoms. The minimum absolute atomic E-state index is 0.136. The number of hydrogen-bond acceptors (Lipinski definition) is 6. The summed E-state index contributed by atoms with van der Waals surface area (Å²) in [5, 5.41) is 11.1. The predicted molar refractivity (Wildman–Crippen MR) is 118 cm³/mol. The molecule has 0 N–H and O–H groups in total. The molecular formula is C24H19N3O5. The average molecular weight is 429 g/mol. The van der Waals surface area contributed by atoms with Crippen molar-refractivity contribution in [1.82, 2.24) is 9.38 Å². The zero-order valence-corrected chi connectivity index (χ0v) is 17.4. The number of nitro groups is 1. The summed E-state index contributed by atoms with van der Waals surface area (Å²) in [6, 6.07) is 16.4. The lowest BCUT2D eigenvalue weighted by atomic mass is 10.1. The first-order chi connectivity index (χ1) is 15.4. The fourth-order valence-corrected chi connectivity index (χ4v) is 3.52. The van der Waals surface area contributed by atoms with Crippen LogP contribution in [0, 0.1) is 17.0 Å². The number of ketones is 1. The second-order valence-electron chi connectivity index (χ2n) is 7.20. The third kappa shape index (κ3) is 3.85. The third-order valence-corrected chi connectivity index (χ3v) is 5.02. The SMILES string of the molecule is CCOC(=O)c1cc(C(=O)c2cccc([N+](=O)[O-])c2)n2cnc(-c3cccc(C)c3)cc12. The zero-order chi connectivity index (χ0) is 22.8. The third-order valence-electron chi connectivity index (χ3n) is 5.02. The van der Waals surface area contributed by atoms with Gasteiger partial charge in [0.1, 0.15) is 6.33 Å². The minimum atomic E-state index is -0.565. The lowest BCUT2D eigenvalue weighted by Crippen LogP contribution is -2.06. The molecule has 0 radical (unpaired) electrons. The van der Waals surface area contributed by atoms with Crippen LogP contribution < -0.4 is 0 Å². The Morgan fingerprint density at radius 1 is 1.09 bits per heavy atom. The highest BCUT2D eigenvalue weighted by Gasteiger charge is 2.23. The van der Waals surface area contributed by atoms with Crippen molar-refractivity contribution in [3.8, 4) is 11.3 Å². The standard InChI is InChI=1S/C24H19N3O5/c1-3-32-24(29)19-12-22(23(28)17-8-5-9-18(11-17)27(30)31)26-14-25-20(13-21(19)26)16-7-4-6-15(2)10-16/h4-14H,3H2,1-2H3. The van der Waals surface area contributed by atoms with Crippen molar-refractivity contribution in [2.24, 2.45) is 0 Å². The maximum atomic E-state index is 13.2. The van der Waals surface area contributed by atoms with Gasteiger partial charge < -0.3 is 4.74 Å². The van der Waals surface area contributed by atoms with Crippen LogP contribution in [0.2, 0.25) is 0 Å². The second kappa shape index (κ2) is 8.43. The number of rotatable bonds is 6. The summed E-state index contributed by atoms with van der Waals surface area (Å²) in [5.74, 6) is -1.03. The Labute approximate surface area is 183 Å². The zero-order valence-electron chi connectivity index (χ0n) is 17.4. The maximum Gasteiger partial charge on any atom is 0.340 e. The van der Waals surface area contributed by atoms with Crippen LogP contribution in [0.1, 0.15) is 38.9 Å². The fraction of sp³-hybridized carbons (Fsp3) is 0.125. The van der Waals surface area contributed by atoms with E-state index < -0.39 is 16.7 Å². The van der Waals surface area contributed by atoms with Crippen LogP contribution in [0.5, 0.6) is 0 Å². The van der Waals surface area contributed by atoms with E-state index in [1.54, 1.807) is 13.0 Å². The molecule has 32 heavy (non-hydrogen) atoms. The van der Waals surface area contributed by atoms with Gasteiger partial charge in [-0.1, -0.05) is 35.9 Å². The Hall–Kier alpha value is -4.33. The van der Waals surface area contributed by atoms with Gasteiger partial charge in [-0.2, -0.15) is 0 Å². The smallest absolute Gasteiger partial charge is 0.340 e. The fourth-order valence-electron chi connectivity index (χ4n) is 3.52. The maximum absolute atomic E-state index is 13.2. The van der Waals surface area contributed by atoms with E-state index >= 15 is 0 Å². The van der Waals surface area contributed by atoms with Crippen LogP contribution >= 0.6 is 0 Å². The van der Waals surface area contributed by atoms with E-state index in [0.29, 0.717) is 11.2 Å². The molecule has 2 heterocycles. The molecule has 0 aliphatic carbocycles. The minimum Gasteiger partial charge on any atom is -0.462 e. The summed E-state index contributed by atoms with van der Waals surface area (Å²) in [7, 11) is 0. The quantitative estimate of drug-likeness (QED) is 0.192. The van der Waals surface area contributed by atoms with Crippen molar-refractivity contribution in [2.75, 3.05) is 6.61 Å². The van der Waals surface area contributed by atoms with Gasteiger partial charge in [-0.25, -0.2) is 9.78 Å². The van der Waals surface area contributed by atoms with Gasteiger partial charge >= 0.3 is 5.97 Å². The highest BCUT2D eigenvalue weighted by Crippen LogP contribution is 2.26. The first-order valence-electron chi connectivity index (χ1n) is 9.93. The van der Waals surface area contributed by atoms with Crippen LogP contribution in [-0.2, 0) is 4.74 Å². The Morgan fingerprint density at radius 2 is 1.88 bits per heavy atom. The van der Waals surface area contributed by atoms with Gasteiger partial charge in [0.2, 0.25) is 5.78 Å². The van der Waals surface area contributed by atoms with Crippen LogP contribution in [0.4, 0.5) is 5.69 Å². The van der Waals surface area contributed by atoms with Gasteiger partial charge in [-0.05, 0) is 32.0 Å². The predicted octanol–water partition coefficient (Wildman–Crippen LogP) is 4.63. The molecule has 2 aromatic carbocycles. The van der Waals surface area contributed by atoms with Crippen LogP contribution in [0.15, 0.2) is 67.0 Å². The normalized spacial score (nSPS) is 10.8. The van der Waals surface area contributed by atoms with E-state index in [9.17, 15) is 19.7 Å². The van der Waals surface area contributed by atoms with E-state index in [-0.39, 0.29) is 29.1 Å². The van der Waals surface area contributed by atoms with Gasteiger partial charge in [0.05, 0.1) is 34.0 Å². The summed E-state index contributed by atoms with van der Waals surface area (Å²) in [6.07, 6.45) is 1.47. The van der Waals surface area contributed by atoms with Crippen molar-refractivity contribution in [3.63, 3.8) is 0 Å². The number of benzene rings is 2. The van der Waals surface area contributed by atoms with E-state index in [4.69, 9.17) is 4.74 Å². The molecule has 0 atom stereocenters. The molecule has 2 aromatic heterocycles. The van der Waals surface area contributed by atoms with Crippen molar-refractivity contribution in [3.05, 3.63) is 99.5 Å². The van der Waals surface area contributed by atoms with Crippen molar-refractivity contribution < 1.29 is 19.2 Å². The number of nitro benzene ring substituents is 1. The molecule has 160 valence electrons. The summed E-state index contributed by atoms with van der Waals surface area (Å²) in [4.78, 5) is 40.8. The van der Waals surface area contributed by atoms with Gasteiger partial charge in [0, 0.05) is 23.3 Å². The summed E-state index contributed by atoms with van der Waals surface area (Å²) < 4.78 is 6.68. The highest BCUT2D eigenvalue weighted by atomic mass is 16.6. The van der Waals surface area contributed by atoms with E-state index in [1.807, 2.05) is 31.2 Å². The molecule has 0 aliphatic heterocycles. The Balaban J connectivity index is 1.88. The largest absolute Gasteiger partial charge is 0.462 e. The number of hydrogen-bond donors (Lipinski definition) is 0. The molecule has 0 aliphatic rings. The molecule has 0 saturated heterocycles. The molecule has 0 saturated carbocycles. The molecule has 8 heteroatoms. The van der Waals surface area contributed by atoms with Gasteiger partial charge in [-0.15, -0.1) is 0 Å². The number of carbonyl (C=O) groups is 2.